The van der Waals surface area contributed by atoms with Crippen molar-refractivity contribution in [1.29, 1.82) is 0 Å². The number of hydrazone groups is 1. The molecule has 17 heavy (non-hydrogen) atoms. The molecule has 0 aromatic heterocycles. The van der Waals surface area contributed by atoms with Crippen molar-refractivity contribution >= 4 is 5.71 Å². The zero-order valence-corrected chi connectivity index (χ0v) is 9.88. The van der Waals surface area contributed by atoms with Crippen molar-refractivity contribution in [2.75, 3.05) is 7.05 Å². The van der Waals surface area contributed by atoms with Crippen LogP contribution in [0.1, 0.15) is 12.0 Å². The molecule has 2 heteroatoms. The van der Waals surface area contributed by atoms with E-state index in [9.17, 15) is 0 Å². The number of hydrogen-bond donors (Lipinski definition) is 0. The lowest BCUT2D eigenvalue weighted by atomic mass is 9.92. The Labute approximate surface area is 103 Å². The van der Waals surface area contributed by atoms with Crippen LogP contribution in [0.25, 0.3) is 0 Å². The van der Waals surface area contributed by atoms with Crippen LogP contribution < -0.4 is 0 Å². The second-order valence-corrected chi connectivity index (χ2v) is 4.42. The van der Waals surface area contributed by atoms with Gasteiger partial charge in [-0.05, 0) is 31.2 Å². The fraction of sp³-hybridized carbons (Fsp3) is 0.200. The Morgan fingerprint density at radius 3 is 2.53 bits per heavy atom. The third-order valence-corrected chi connectivity index (χ3v) is 3.30. The highest BCUT2D eigenvalue weighted by atomic mass is 15.5. The second kappa shape index (κ2) is 4.52. The zero-order valence-electron chi connectivity index (χ0n) is 9.88. The molecule has 1 aliphatic carbocycles. The quantitative estimate of drug-likeness (QED) is 0.752. The Morgan fingerprint density at radius 1 is 1.12 bits per heavy atom. The summed E-state index contributed by atoms with van der Waals surface area (Å²) in [6.45, 7) is 0. The predicted octanol–water partition coefficient (Wildman–Crippen LogP) is 2.50. The lowest BCUT2D eigenvalue weighted by Gasteiger charge is -2.23. The molecule has 3 rings (SSSR count). The first kappa shape index (κ1) is 10.8. The SMILES string of the molecule is CN1N=C(c2ccccc2)CC1[C]1[CH][CH][CH][CH]1. The van der Waals surface area contributed by atoms with Crippen LogP contribution in [0.2, 0.25) is 0 Å². The van der Waals surface area contributed by atoms with Gasteiger partial charge in [0, 0.05) is 19.4 Å². The molecule has 0 saturated heterocycles. The highest BCUT2D eigenvalue weighted by Gasteiger charge is 2.34. The van der Waals surface area contributed by atoms with Crippen LogP contribution in [0.4, 0.5) is 0 Å². The Bertz CT molecular complexity index is 404. The Morgan fingerprint density at radius 2 is 1.82 bits per heavy atom. The first-order chi connectivity index (χ1) is 8.34. The monoisotopic (exact) mass is 223 g/mol. The molecule has 1 atom stereocenters. The summed E-state index contributed by atoms with van der Waals surface area (Å²) in [7, 11) is 2.05. The fourth-order valence-electron chi connectivity index (χ4n) is 2.37. The highest BCUT2D eigenvalue weighted by Crippen LogP contribution is 2.34. The first-order valence-corrected chi connectivity index (χ1v) is 5.92. The van der Waals surface area contributed by atoms with Crippen molar-refractivity contribution in [3.63, 3.8) is 0 Å². The van der Waals surface area contributed by atoms with Gasteiger partial charge in [-0.1, -0.05) is 30.3 Å². The van der Waals surface area contributed by atoms with Crippen LogP contribution in [-0.4, -0.2) is 23.8 Å². The van der Waals surface area contributed by atoms with Crippen molar-refractivity contribution < 1.29 is 0 Å². The fourth-order valence-corrected chi connectivity index (χ4v) is 2.37. The molecular formula is C15H15N2. The largest absolute Gasteiger partial charge is 0.296 e. The van der Waals surface area contributed by atoms with E-state index >= 15 is 0 Å². The average molecular weight is 223 g/mol. The van der Waals surface area contributed by atoms with Gasteiger partial charge in [0.1, 0.15) is 0 Å². The summed E-state index contributed by atoms with van der Waals surface area (Å²) in [5.41, 5.74) is 2.41. The summed E-state index contributed by atoms with van der Waals surface area (Å²) in [5, 5.41) is 6.71. The average Bonchev–Trinajstić information content (AvgIpc) is 2.99. The molecule has 0 bridgehead atoms. The van der Waals surface area contributed by atoms with Crippen LogP contribution in [0, 0.1) is 31.6 Å². The summed E-state index contributed by atoms with van der Waals surface area (Å²) in [4.78, 5) is 0. The second-order valence-electron chi connectivity index (χ2n) is 4.42. The van der Waals surface area contributed by atoms with E-state index in [1.165, 1.54) is 17.2 Å². The van der Waals surface area contributed by atoms with Gasteiger partial charge in [0.15, 0.2) is 0 Å². The lowest BCUT2D eigenvalue weighted by Crippen LogP contribution is -2.28. The minimum atomic E-state index is 0.389. The van der Waals surface area contributed by atoms with E-state index in [1.807, 2.05) is 13.1 Å². The topological polar surface area (TPSA) is 15.6 Å². The standard InChI is InChI=1S/C15H15N2/c1-17-15(13-9-5-6-10-13)11-14(16-17)12-7-3-2-4-8-12/h2-10,15H,11H2,1H3. The molecule has 2 nitrogen and oxygen atoms in total. The molecule has 85 valence electrons. The van der Waals surface area contributed by atoms with Gasteiger partial charge >= 0.3 is 0 Å². The summed E-state index contributed by atoms with van der Waals surface area (Å²) in [6.07, 6.45) is 9.51. The van der Waals surface area contributed by atoms with Gasteiger partial charge in [-0.15, -0.1) is 0 Å². The molecule has 0 amide bonds. The Kier molecular flexibility index (Phi) is 2.87. The van der Waals surface area contributed by atoms with E-state index in [4.69, 9.17) is 0 Å². The molecular weight excluding hydrogens is 208 g/mol. The summed E-state index contributed by atoms with van der Waals surface area (Å²) < 4.78 is 0. The number of benzene rings is 1. The van der Waals surface area contributed by atoms with Crippen molar-refractivity contribution in [3.8, 4) is 0 Å². The molecule has 1 saturated carbocycles. The third-order valence-electron chi connectivity index (χ3n) is 3.30. The molecule has 2 aliphatic rings. The zero-order chi connectivity index (χ0) is 11.7. The molecule has 5 radical (unpaired) electrons. The van der Waals surface area contributed by atoms with Crippen molar-refractivity contribution in [2.45, 2.75) is 12.5 Å². The molecule has 1 aromatic rings. The normalized spacial score (nSPS) is 25.4. The van der Waals surface area contributed by atoms with E-state index in [0.29, 0.717) is 6.04 Å². The van der Waals surface area contributed by atoms with Gasteiger partial charge in [0.25, 0.3) is 0 Å². The highest BCUT2D eigenvalue weighted by molar-refractivity contribution is 6.02. The van der Waals surface area contributed by atoms with Gasteiger partial charge < -0.3 is 0 Å². The maximum absolute atomic E-state index is 4.65. The predicted molar refractivity (Wildman–Crippen MR) is 69.6 cm³/mol. The Hall–Kier alpha value is -1.31. The van der Waals surface area contributed by atoms with Crippen LogP contribution in [-0.2, 0) is 0 Å². The maximum Gasteiger partial charge on any atom is 0.0698 e. The van der Waals surface area contributed by atoms with Crippen LogP contribution >= 0.6 is 0 Å². The molecule has 0 N–H and O–H groups in total. The smallest absolute Gasteiger partial charge is 0.0698 e. The minimum absolute atomic E-state index is 0.389. The molecule has 1 fully saturated rings. The molecule has 1 unspecified atom stereocenters. The molecule has 1 aliphatic heterocycles. The van der Waals surface area contributed by atoms with Gasteiger partial charge in [-0.25, -0.2) is 0 Å². The van der Waals surface area contributed by atoms with Crippen LogP contribution in [0.5, 0.6) is 0 Å². The minimum Gasteiger partial charge on any atom is -0.296 e. The number of nitrogens with zero attached hydrogens (tertiary/aromatic N) is 2. The van der Waals surface area contributed by atoms with Crippen LogP contribution in [0.15, 0.2) is 35.4 Å². The van der Waals surface area contributed by atoms with Crippen molar-refractivity contribution in [2.24, 2.45) is 5.10 Å². The van der Waals surface area contributed by atoms with Gasteiger partial charge in [-0.3, -0.25) is 5.01 Å². The number of hydrogen-bond acceptors (Lipinski definition) is 2. The van der Waals surface area contributed by atoms with Crippen LogP contribution in [0.3, 0.4) is 0 Å². The van der Waals surface area contributed by atoms with E-state index in [1.54, 1.807) is 0 Å². The number of rotatable bonds is 2. The molecule has 1 aromatic carbocycles. The summed E-state index contributed by atoms with van der Waals surface area (Å²) in [5.74, 6) is 1.35. The van der Waals surface area contributed by atoms with Gasteiger partial charge in [0.05, 0.1) is 11.8 Å². The van der Waals surface area contributed by atoms with E-state index in [2.05, 4.69) is 60.1 Å². The Balaban J connectivity index is 1.75. The third kappa shape index (κ3) is 2.08. The van der Waals surface area contributed by atoms with Crippen molar-refractivity contribution in [1.82, 2.24) is 5.01 Å². The first-order valence-electron chi connectivity index (χ1n) is 5.92. The van der Waals surface area contributed by atoms with E-state index in [0.717, 1.165) is 6.42 Å². The van der Waals surface area contributed by atoms with Crippen molar-refractivity contribution in [3.05, 3.63) is 67.5 Å². The lowest BCUT2D eigenvalue weighted by molar-refractivity contribution is 0.303. The molecule has 1 heterocycles. The summed E-state index contributed by atoms with van der Waals surface area (Å²) in [6, 6.07) is 10.8. The van der Waals surface area contributed by atoms with Gasteiger partial charge in [-0.2, -0.15) is 5.10 Å². The molecule has 0 spiro atoms. The van der Waals surface area contributed by atoms with Gasteiger partial charge in [0.2, 0.25) is 0 Å². The van der Waals surface area contributed by atoms with E-state index in [-0.39, 0.29) is 0 Å². The summed E-state index contributed by atoms with van der Waals surface area (Å²) >= 11 is 0. The van der Waals surface area contributed by atoms with E-state index < -0.39 is 0 Å². The maximum atomic E-state index is 4.65.